The van der Waals surface area contributed by atoms with Crippen molar-refractivity contribution in [3.05, 3.63) is 37.9 Å². The van der Waals surface area contributed by atoms with Gasteiger partial charge in [0.15, 0.2) is 9.84 Å². The van der Waals surface area contributed by atoms with Crippen LogP contribution in [0.1, 0.15) is 57.9 Å². The molecule has 4 aliphatic rings. The first-order chi connectivity index (χ1) is 13.0. The highest BCUT2D eigenvalue weighted by Crippen LogP contribution is 2.61. The molecule has 152 valence electrons. The topological polar surface area (TPSA) is 120 Å². The van der Waals surface area contributed by atoms with Crippen LogP contribution in [0.25, 0.3) is 0 Å². The smallest absolute Gasteiger partial charge is 0.258 e. The largest absolute Gasteiger partial charge is 0.295 e. The second-order valence-electron chi connectivity index (χ2n) is 9.15. The Bertz CT molecular complexity index is 898. The van der Waals surface area contributed by atoms with Crippen molar-refractivity contribution in [1.82, 2.24) is 0 Å². The molecule has 0 N–H and O–H groups in total. The van der Waals surface area contributed by atoms with Gasteiger partial charge in [-0.25, -0.2) is 8.42 Å². The van der Waals surface area contributed by atoms with Crippen LogP contribution in [-0.2, 0) is 15.3 Å². The summed E-state index contributed by atoms with van der Waals surface area (Å²) in [5, 5.41) is 22.5. The maximum Gasteiger partial charge on any atom is 0.295 e. The number of nitrogens with zero attached hydrogens (tertiary/aromatic N) is 2. The molecule has 4 bridgehead atoms. The zero-order chi connectivity index (χ0) is 20.4. The van der Waals surface area contributed by atoms with Crippen LogP contribution in [0.15, 0.2) is 17.0 Å². The van der Waals surface area contributed by atoms with Crippen molar-refractivity contribution in [1.29, 1.82) is 0 Å². The van der Waals surface area contributed by atoms with E-state index < -0.39 is 41.2 Å². The summed E-state index contributed by atoms with van der Waals surface area (Å²) in [6.07, 6.45) is 6.15. The van der Waals surface area contributed by atoms with Crippen LogP contribution in [-0.4, -0.2) is 23.5 Å². The van der Waals surface area contributed by atoms with Crippen LogP contribution >= 0.6 is 0 Å². The number of nitro benzene ring substituents is 2. The number of nitro groups is 2. The Morgan fingerprint density at radius 1 is 0.929 bits per heavy atom. The third kappa shape index (κ3) is 2.82. The molecule has 0 radical (unpaired) electrons. The summed E-state index contributed by atoms with van der Waals surface area (Å²) in [6.45, 7) is 2.74. The fourth-order valence-corrected chi connectivity index (χ4v) is 7.49. The molecule has 5 rings (SSSR count). The van der Waals surface area contributed by atoms with Crippen molar-refractivity contribution in [2.24, 2.45) is 17.8 Å². The number of hydrogen-bond acceptors (Lipinski definition) is 6. The average Bonchev–Trinajstić information content (AvgIpc) is 2.59. The lowest BCUT2D eigenvalue weighted by Gasteiger charge is -2.57. The monoisotopic (exact) mass is 408 g/mol. The molecule has 0 atom stereocenters. The van der Waals surface area contributed by atoms with E-state index in [1.54, 1.807) is 0 Å². The molecule has 4 fully saturated rings. The lowest BCUT2D eigenvalue weighted by atomic mass is 9.48. The summed E-state index contributed by atoms with van der Waals surface area (Å²) in [6, 6.07) is 2.63. The average molecular weight is 408 g/mol. The molecule has 9 heteroatoms. The van der Waals surface area contributed by atoms with Crippen LogP contribution in [0.3, 0.4) is 0 Å². The highest BCUT2D eigenvalue weighted by Gasteiger charge is 2.53. The van der Waals surface area contributed by atoms with E-state index in [1.807, 2.05) is 0 Å². The molecule has 4 aliphatic carbocycles. The van der Waals surface area contributed by atoms with Gasteiger partial charge in [-0.2, -0.15) is 0 Å². The highest BCUT2D eigenvalue weighted by atomic mass is 32.2. The Morgan fingerprint density at radius 2 is 1.32 bits per heavy atom. The van der Waals surface area contributed by atoms with Crippen molar-refractivity contribution in [3.63, 3.8) is 0 Å². The first-order valence-corrected chi connectivity index (χ1v) is 11.3. The molecule has 0 aromatic heterocycles. The maximum atomic E-state index is 12.7. The molecular weight excluding hydrogens is 384 g/mol. The molecule has 0 amide bonds. The highest BCUT2D eigenvalue weighted by molar-refractivity contribution is 7.92. The van der Waals surface area contributed by atoms with Gasteiger partial charge in [0.2, 0.25) is 4.90 Å². The number of sulfone groups is 1. The second kappa shape index (κ2) is 6.23. The Balaban J connectivity index is 1.94. The third-order valence-electron chi connectivity index (χ3n) is 7.00. The van der Waals surface area contributed by atoms with E-state index in [2.05, 4.69) is 0 Å². The van der Waals surface area contributed by atoms with Crippen LogP contribution < -0.4 is 0 Å². The fourth-order valence-electron chi connectivity index (χ4n) is 6.17. The predicted octanol–water partition coefficient (Wildman–Crippen LogP) is 4.15. The van der Waals surface area contributed by atoms with Gasteiger partial charge in [0.25, 0.3) is 11.4 Å². The first-order valence-electron chi connectivity index (χ1n) is 9.74. The van der Waals surface area contributed by atoms with Crippen molar-refractivity contribution < 1.29 is 18.3 Å². The van der Waals surface area contributed by atoms with E-state index in [1.165, 1.54) is 45.2 Å². The Morgan fingerprint density at radius 3 is 1.64 bits per heavy atom. The molecule has 1 aromatic rings. The van der Waals surface area contributed by atoms with Crippen molar-refractivity contribution in [3.8, 4) is 0 Å². The van der Waals surface area contributed by atoms with Crippen molar-refractivity contribution in [2.75, 3.05) is 0 Å². The molecule has 0 saturated heterocycles. The predicted molar refractivity (Wildman–Crippen MR) is 102 cm³/mol. The van der Waals surface area contributed by atoms with E-state index in [9.17, 15) is 28.6 Å². The zero-order valence-electron chi connectivity index (χ0n) is 16.0. The molecule has 28 heavy (non-hydrogen) atoms. The molecule has 0 unspecified atom stereocenters. The minimum Gasteiger partial charge on any atom is -0.258 e. The number of hydrogen-bond donors (Lipinski definition) is 0. The molecule has 8 nitrogen and oxygen atoms in total. The lowest BCUT2D eigenvalue weighted by Crippen LogP contribution is -2.48. The van der Waals surface area contributed by atoms with Crippen LogP contribution in [0.4, 0.5) is 11.4 Å². The lowest BCUT2D eigenvalue weighted by molar-refractivity contribution is -0.400. The SMILES string of the molecule is CC(C)S(=O)(=O)c1c([N+](=O)[O-])cc(C23CC4CC(CC(C4)C2)C3)cc1[N+](=O)[O-]. The van der Waals surface area contributed by atoms with Crippen LogP contribution in [0, 0.1) is 38.0 Å². The standard InChI is InChI=1S/C19H24N2O6S/c1-11(2)28(26,27)18-16(20(22)23)6-15(7-17(18)21(24)25)19-8-12-3-13(9-19)5-14(4-12)10-19/h6-7,11-14H,3-5,8-10H2,1-2H3. The van der Waals surface area contributed by atoms with Gasteiger partial charge in [0, 0.05) is 12.1 Å². The van der Waals surface area contributed by atoms with Gasteiger partial charge in [0.1, 0.15) is 0 Å². The summed E-state index contributed by atoms with van der Waals surface area (Å²) in [7, 11) is -4.18. The molecule has 0 spiro atoms. The summed E-state index contributed by atoms with van der Waals surface area (Å²) in [4.78, 5) is 21.2. The maximum absolute atomic E-state index is 12.7. The van der Waals surface area contributed by atoms with E-state index >= 15 is 0 Å². The van der Waals surface area contributed by atoms with E-state index in [-0.39, 0.29) is 5.41 Å². The van der Waals surface area contributed by atoms with Gasteiger partial charge in [-0.15, -0.1) is 0 Å². The van der Waals surface area contributed by atoms with Gasteiger partial charge < -0.3 is 0 Å². The summed E-state index contributed by atoms with van der Waals surface area (Å²) in [5.74, 6) is 1.68. The zero-order valence-corrected chi connectivity index (χ0v) is 16.8. The van der Waals surface area contributed by atoms with Crippen molar-refractivity contribution >= 4 is 21.2 Å². The Hall–Kier alpha value is -2.03. The Labute approximate surface area is 163 Å². The second-order valence-corrected chi connectivity index (χ2v) is 11.6. The van der Waals surface area contributed by atoms with Gasteiger partial charge >= 0.3 is 0 Å². The van der Waals surface area contributed by atoms with Gasteiger partial charge in [0.05, 0.1) is 15.1 Å². The van der Waals surface area contributed by atoms with E-state index in [4.69, 9.17) is 0 Å². The molecule has 1 aromatic carbocycles. The Kier molecular flexibility index (Phi) is 4.30. The minimum absolute atomic E-state index is 0.301. The number of benzene rings is 1. The van der Waals surface area contributed by atoms with Gasteiger partial charge in [-0.1, -0.05) is 0 Å². The third-order valence-corrected chi connectivity index (χ3v) is 9.23. The summed E-state index contributed by atoms with van der Waals surface area (Å²) < 4.78 is 25.5. The fraction of sp³-hybridized carbons (Fsp3) is 0.684. The first kappa shape index (κ1) is 19.3. The van der Waals surface area contributed by atoms with E-state index in [0.29, 0.717) is 23.3 Å². The molecule has 0 aliphatic heterocycles. The van der Waals surface area contributed by atoms with Crippen LogP contribution in [0.5, 0.6) is 0 Å². The quantitative estimate of drug-likeness (QED) is 0.533. The van der Waals surface area contributed by atoms with Gasteiger partial charge in [-0.3, -0.25) is 20.2 Å². The summed E-state index contributed by atoms with van der Waals surface area (Å²) >= 11 is 0. The normalized spacial score (nSPS) is 31.3. The molecular formula is C19H24N2O6S. The van der Waals surface area contributed by atoms with E-state index in [0.717, 1.165) is 19.3 Å². The van der Waals surface area contributed by atoms with Crippen LogP contribution in [0.2, 0.25) is 0 Å². The molecule has 4 saturated carbocycles. The van der Waals surface area contributed by atoms with Crippen molar-refractivity contribution in [2.45, 2.75) is 67.9 Å². The summed E-state index contributed by atoms with van der Waals surface area (Å²) in [5.41, 5.74) is -1.04. The number of rotatable bonds is 5. The van der Waals surface area contributed by atoms with Gasteiger partial charge in [-0.05, 0) is 81.1 Å². The molecule has 0 heterocycles. The minimum atomic E-state index is -4.18.